The molecule has 1 aliphatic heterocycles. The Morgan fingerprint density at radius 3 is 2.79 bits per heavy atom. The van der Waals surface area contributed by atoms with Gasteiger partial charge in [-0.3, -0.25) is 19.0 Å². The molecular weight excluding hydrogens is 702 g/mol. The zero-order chi connectivity index (χ0) is 37.2. The third-order valence-corrected chi connectivity index (χ3v) is 12.9. The molecule has 6 atom stereocenters. The summed E-state index contributed by atoms with van der Waals surface area (Å²) in [6.45, 7) is 11.2. The molecule has 3 aliphatic rings. The van der Waals surface area contributed by atoms with E-state index in [0.717, 1.165) is 37.8 Å². The highest BCUT2D eigenvalue weighted by Crippen LogP contribution is 2.46. The van der Waals surface area contributed by atoms with Gasteiger partial charge < -0.3 is 19.5 Å². The van der Waals surface area contributed by atoms with Gasteiger partial charge in [0.25, 0.3) is 11.8 Å². The van der Waals surface area contributed by atoms with Gasteiger partial charge in [0.15, 0.2) is 0 Å². The van der Waals surface area contributed by atoms with E-state index in [1.807, 2.05) is 13.0 Å². The van der Waals surface area contributed by atoms with Gasteiger partial charge in [0.1, 0.15) is 21.2 Å². The zero-order valence-electron chi connectivity index (χ0n) is 30.1. The third-order valence-electron chi connectivity index (χ3n) is 10.7. The Bertz CT molecular complexity index is 1990. The van der Waals surface area contributed by atoms with Crippen molar-refractivity contribution in [3.8, 4) is 11.6 Å². The standard InChI is InChI=1S/C39H48ClN5O6S/c1-6-9-25(3)22-52(49,43-37(48)31-21-44(4)41-38(31)50-5)42-36(47)27-12-16-35-33(19-27)45(20-28-11-14-30(28)34(46)7-2)23-39(24-51-35)17-8-10-26-18-29(40)13-15-32(26)39/h6-7,12-13,15-16,18-19,21,25,28,30,34,46H,1-2,8-11,14,17,20,22-24H2,3-5H3,(H,42,43,47,48,49)/t25-,28-,30+,34-,39-,52?/m0/s1. The van der Waals surface area contributed by atoms with Gasteiger partial charge in [-0.05, 0) is 97.7 Å². The van der Waals surface area contributed by atoms with Crippen molar-refractivity contribution in [3.63, 3.8) is 0 Å². The fraction of sp³-hybridized carbons (Fsp3) is 0.462. The van der Waals surface area contributed by atoms with Crippen LogP contribution in [0.25, 0.3) is 0 Å². The fourth-order valence-electron chi connectivity index (χ4n) is 7.98. The predicted octanol–water partition coefficient (Wildman–Crippen LogP) is 6.29. The minimum Gasteiger partial charge on any atom is -0.490 e. The number of methoxy groups -OCH3 is 1. The maximum absolute atomic E-state index is 14.4. The van der Waals surface area contributed by atoms with Crippen LogP contribution >= 0.6 is 11.6 Å². The molecule has 2 aliphatic carbocycles. The van der Waals surface area contributed by atoms with Crippen LogP contribution < -0.4 is 19.1 Å². The maximum Gasteiger partial charge on any atom is 0.286 e. The normalized spacial score (nSPS) is 23.0. The number of benzene rings is 2. The molecule has 2 amide bonds. The number of amides is 2. The van der Waals surface area contributed by atoms with Crippen LogP contribution in [0.15, 0.2) is 72.3 Å². The van der Waals surface area contributed by atoms with Gasteiger partial charge in [0.2, 0.25) is 5.88 Å². The summed E-state index contributed by atoms with van der Waals surface area (Å²) in [5.41, 5.74) is 3.14. The number of ether oxygens (including phenoxy) is 2. The molecule has 2 N–H and O–H groups in total. The van der Waals surface area contributed by atoms with Crippen LogP contribution in [-0.2, 0) is 28.8 Å². The number of carbonyl (C=O) groups is 2. The molecule has 1 fully saturated rings. The fourth-order valence-corrected chi connectivity index (χ4v) is 10.1. The molecule has 1 aromatic heterocycles. The smallest absolute Gasteiger partial charge is 0.286 e. The summed E-state index contributed by atoms with van der Waals surface area (Å²) in [5, 5.41) is 15.5. The van der Waals surface area contributed by atoms with E-state index in [1.165, 1.54) is 29.1 Å². The number of rotatable bonds is 12. The second-order valence-electron chi connectivity index (χ2n) is 14.5. The van der Waals surface area contributed by atoms with Gasteiger partial charge in [0, 0.05) is 42.3 Å². The predicted molar refractivity (Wildman–Crippen MR) is 204 cm³/mol. The summed E-state index contributed by atoms with van der Waals surface area (Å²) in [6, 6.07) is 11.3. The van der Waals surface area contributed by atoms with Crippen molar-refractivity contribution in [1.29, 1.82) is 0 Å². The van der Waals surface area contributed by atoms with Crippen molar-refractivity contribution < 1.29 is 28.4 Å². The second kappa shape index (κ2) is 15.5. The Labute approximate surface area is 311 Å². The van der Waals surface area contributed by atoms with Crippen molar-refractivity contribution in [3.05, 3.63) is 95.2 Å². The number of aryl methyl sites for hydroxylation is 2. The lowest BCUT2D eigenvalue weighted by Crippen LogP contribution is -2.49. The van der Waals surface area contributed by atoms with E-state index >= 15 is 0 Å². The average Bonchev–Trinajstić information content (AvgIpc) is 3.41. The minimum atomic E-state index is -3.61. The zero-order valence-corrected chi connectivity index (χ0v) is 31.6. The number of aliphatic hydroxyl groups excluding tert-OH is 1. The van der Waals surface area contributed by atoms with Crippen LogP contribution in [0, 0.1) is 17.8 Å². The molecule has 1 unspecified atom stereocenters. The lowest BCUT2D eigenvalue weighted by molar-refractivity contribution is 0.0460. The highest BCUT2D eigenvalue weighted by molar-refractivity contribution is 7.92. The number of fused-ring (bicyclic) bond motifs is 3. The number of carbonyl (C=O) groups excluding carboxylic acids is 2. The average molecular weight is 750 g/mol. The van der Waals surface area contributed by atoms with Crippen LogP contribution in [0.2, 0.25) is 5.02 Å². The number of nitrogens with zero attached hydrogens (tertiary/aromatic N) is 4. The van der Waals surface area contributed by atoms with Crippen LogP contribution in [0.3, 0.4) is 0 Å². The lowest BCUT2D eigenvalue weighted by atomic mass is 9.68. The number of anilines is 1. The molecule has 0 radical (unpaired) electrons. The van der Waals surface area contributed by atoms with Gasteiger partial charge in [-0.1, -0.05) is 36.7 Å². The van der Waals surface area contributed by atoms with Gasteiger partial charge in [-0.2, -0.15) is 0 Å². The molecule has 13 heteroatoms. The van der Waals surface area contributed by atoms with Crippen LogP contribution in [0.5, 0.6) is 11.6 Å². The van der Waals surface area contributed by atoms with Crippen molar-refractivity contribution in [1.82, 2.24) is 14.5 Å². The molecule has 2 heterocycles. The largest absolute Gasteiger partial charge is 0.490 e. The van der Waals surface area contributed by atoms with E-state index < -0.39 is 27.8 Å². The van der Waals surface area contributed by atoms with Crippen molar-refractivity contribution in [2.24, 2.45) is 29.2 Å². The van der Waals surface area contributed by atoms with E-state index in [9.17, 15) is 18.9 Å². The van der Waals surface area contributed by atoms with E-state index in [2.05, 4.69) is 44.4 Å². The van der Waals surface area contributed by atoms with Gasteiger partial charge in [-0.15, -0.1) is 22.6 Å². The molecule has 6 rings (SSSR count). The summed E-state index contributed by atoms with van der Waals surface area (Å²) >= 11 is 6.43. The molecule has 11 nitrogen and oxygen atoms in total. The molecule has 3 aromatic rings. The molecule has 2 aromatic carbocycles. The summed E-state index contributed by atoms with van der Waals surface area (Å²) in [6.07, 6.45) is 9.39. The number of hydrogen-bond donors (Lipinski definition) is 2. The number of nitrogens with one attached hydrogen (secondary N) is 1. The van der Waals surface area contributed by atoms with Gasteiger partial charge in [0.05, 0.1) is 31.3 Å². The molecular formula is C39H48ClN5O6S. The molecule has 1 saturated carbocycles. The number of halogens is 1. The Morgan fingerprint density at radius 1 is 1.27 bits per heavy atom. The Morgan fingerprint density at radius 2 is 2.08 bits per heavy atom. The number of aromatic nitrogens is 2. The van der Waals surface area contributed by atoms with Crippen molar-refractivity contribution in [2.45, 2.75) is 57.0 Å². The monoisotopic (exact) mass is 749 g/mol. The van der Waals surface area contributed by atoms with Gasteiger partial charge in [-0.25, -0.2) is 4.21 Å². The third kappa shape index (κ3) is 7.79. The lowest BCUT2D eigenvalue weighted by Gasteiger charge is -2.45. The highest BCUT2D eigenvalue weighted by atomic mass is 35.5. The SMILES string of the molecule is C=CC[C@H](C)CS(=O)(=NC(=O)c1ccc2c(c1)N(C[C@@H]1CC[C@H]1[C@@H](O)C=C)C[C@@]1(CCCc3cc(Cl)ccc31)CO2)NC(=O)c1cn(C)nc1OC. The van der Waals surface area contributed by atoms with Crippen LogP contribution in [0.4, 0.5) is 5.69 Å². The first-order chi connectivity index (χ1) is 24.9. The van der Waals surface area contributed by atoms with E-state index in [0.29, 0.717) is 36.9 Å². The number of aliphatic hydroxyl groups is 1. The molecule has 0 saturated heterocycles. The Kier molecular flexibility index (Phi) is 11.2. The van der Waals surface area contributed by atoms with Gasteiger partial charge >= 0.3 is 0 Å². The minimum absolute atomic E-state index is 0.0637. The molecule has 278 valence electrons. The first kappa shape index (κ1) is 37.6. The molecule has 1 spiro atoms. The van der Waals surface area contributed by atoms with Crippen LogP contribution in [-0.4, -0.2) is 69.6 Å². The highest BCUT2D eigenvalue weighted by Gasteiger charge is 2.44. The number of hydrogen-bond acceptors (Lipinski definition) is 8. The maximum atomic E-state index is 14.4. The summed E-state index contributed by atoms with van der Waals surface area (Å²) < 4.78 is 34.4. The van der Waals surface area contributed by atoms with Crippen LogP contribution in [0.1, 0.15) is 70.9 Å². The number of allylic oxidation sites excluding steroid dienone is 1. The van der Waals surface area contributed by atoms with E-state index in [-0.39, 0.29) is 45.9 Å². The molecule has 52 heavy (non-hydrogen) atoms. The van der Waals surface area contributed by atoms with Crippen molar-refractivity contribution in [2.75, 3.05) is 37.5 Å². The first-order valence-electron chi connectivity index (χ1n) is 17.8. The first-order valence-corrected chi connectivity index (χ1v) is 19.8. The Hall–Kier alpha value is -4.13. The summed E-state index contributed by atoms with van der Waals surface area (Å²) in [5.74, 6) is -0.715. The van der Waals surface area contributed by atoms with E-state index in [4.69, 9.17) is 21.1 Å². The Balaban J connectivity index is 1.37. The topological polar surface area (TPSA) is 135 Å². The second-order valence-corrected chi connectivity index (χ2v) is 16.9. The molecule has 0 bridgehead atoms. The summed E-state index contributed by atoms with van der Waals surface area (Å²) in [4.78, 5) is 29.7. The van der Waals surface area contributed by atoms with Crippen molar-refractivity contribution >= 4 is 39.0 Å². The van der Waals surface area contributed by atoms with E-state index in [1.54, 1.807) is 37.4 Å². The summed E-state index contributed by atoms with van der Waals surface area (Å²) in [7, 11) is -0.587. The quantitative estimate of drug-likeness (QED) is 0.206.